The molecule has 5 heteroatoms. The molecule has 1 fully saturated rings. The summed E-state index contributed by atoms with van der Waals surface area (Å²) in [5, 5.41) is 0. The zero-order valence-electron chi connectivity index (χ0n) is 11.4. The standard InChI is InChI=1S/C14H19N5/c1-10-6-13(17-9-16-10)19-5-3-4-12(8-19)14-15-7-11(2)18-14/h6-7,9,12H,3-5,8H2,1-2H3,(H,15,18). The summed E-state index contributed by atoms with van der Waals surface area (Å²) in [7, 11) is 0. The number of hydrogen-bond donors (Lipinski definition) is 1. The Morgan fingerprint density at radius 3 is 2.89 bits per heavy atom. The molecule has 1 saturated heterocycles. The van der Waals surface area contributed by atoms with Crippen LogP contribution >= 0.6 is 0 Å². The molecule has 1 aliphatic rings. The summed E-state index contributed by atoms with van der Waals surface area (Å²) in [6, 6.07) is 2.05. The maximum absolute atomic E-state index is 4.47. The number of aryl methyl sites for hydroxylation is 2. The third-order valence-corrected chi connectivity index (χ3v) is 3.64. The highest BCUT2D eigenvalue weighted by Gasteiger charge is 2.24. The molecule has 0 bridgehead atoms. The fourth-order valence-electron chi connectivity index (χ4n) is 2.66. The first-order chi connectivity index (χ1) is 9.22. The predicted molar refractivity (Wildman–Crippen MR) is 74.3 cm³/mol. The minimum Gasteiger partial charge on any atom is -0.356 e. The van der Waals surface area contributed by atoms with Gasteiger partial charge in [0.25, 0.3) is 0 Å². The molecule has 5 nitrogen and oxygen atoms in total. The molecule has 0 saturated carbocycles. The van der Waals surface area contributed by atoms with Crippen LogP contribution in [0.15, 0.2) is 18.6 Å². The van der Waals surface area contributed by atoms with Crippen molar-refractivity contribution in [2.75, 3.05) is 18.0 Å². The molecule has 0 radical (unpaired) electrons. The summed E-state index contributed by atoms with van der Waals surface area (Å²) in [4.78, 5) is 18.7. The highest BCUT2D eigenvalue weighted by atomic mass is 15.2. The molecule has 3 heterocycles. The lowest BCUT2D eigenvalue weighted by molar-refractivity contribution is 0.491. The van der Waals surface area contributed by atoms with E-state index in [1.54, 1.807) is 6.33 Å². The van der Waals surface area contributed by atoms with Crippen LogP contribution in [-0.2, 0) is 0 Å². The van der Waals surface area contributed by atoms with E-state index in [4.69, 9.17) is 0 Å². The molecule has 0 spiro atoms. The van der Waals surface area contributed by atoms with Gasteiger partial charge in [-0.25, -0.2) is 15.0 Å². The van der Waals surface area contributed by atoms with Crippen molar-refractivity contribution >= 4 is 5.82 Å². The van der Waals surface area contributed by atoms with Crippen molar-refractivity contribution in [2.24, 2.45) is 0 Å². The van der Waals surface area contributed by atoms with E-state index in [2.05, 4.69) is 30.9 Å². The number of H-pyrrole nitrogens is 1. The Balaban J connectivity index is 1.78. The zero-order chi connectivity index (χ0) is 13.2. The van der Waals surface area contributed by atoms with Crippen molar-refractivity contribution in [2.45, 2.75) is 32.6 Å². The van der Waals surface area contributed by atoms with Gasteiger partial charge < -0.3 is 9.88 Å². The van der Waals surface area contributed by atoms with E-state index in [-0.39, 0.29) is 0 Å². The molecule has 1 aliphatic heterocycles. The van der Waals surface area contributed by atoms with Crippen LogP contribution in [0.4, 0.5) is 5.82 Å². The van der Waals surface area contributed by atoms with Gasteiger partial charge in [-0.2, -0.15) is 0 Å². The Bertz CT molecular complexity index is 562. The van der Waals surface area contributed by atoms with Crippen molar-refractivity contribution < 1.29 is 0 Å². The summed E-state index contributed by atoms with van der Waals surface area (Å²) in [5.41, 5.74) is 2.14. The van der Waals surface area contributed by atoms with E-state index in [1.165, 1.54) is 12.8 Å². The highest BCUT2D eigenvalue weighted by molar-refractivity contribution is 5.39. The number of piperidine rings is 1. The summed E-state index contributed by atoms with van der Waals surface area (Å²) < 4.78 is 0. The smallest absolute Gasteiger partial charge is 0.132 e. The molecule has 1 N–H and O–H groups in total. The van der Waals surface area contributed by atoms with Crippen LogP contribution in [0.1, 0.15) is 36.0 Å². The largest absolute Gasteiger partial charge is 0.356 e. The third kappa shape index (κ3) is 2.59. The minimum atomic E-state index is 0.470. The van der Waals surface area contributed by atoms with Crippen molar-refractivity contribution in [3.8, 4) is 0 Å². The molecule has 0 aliphatic carbocycles. The number of rotatable bonds is 2. The second kappa shape index (κ2) is 4.99. The summed E-state index contributed by atoms with van der Waals surface area (Å²) in [6.45, 7) is 6.09. The van der Waals surface area contributed by atoms with Gasteiger partial charge in [0.15, 0.2) is 0 Å². The first-order valence-corrected chi connectivity index (χ1v) is 6.77. The molecule has 2 aromatic rings. The Hall–Kier alpha value is -1.91. The van der Waals surface area contributed by atoms with E-state index in [0.717, 1.165) is 36.1 Å². The lowest BCUT2D eigenvalue weighted by atomic mass is 9.97. The Morgan fingerprint density at radius 2 is 2.16 bits per heavy atom. The van der Waals surface area contributed by atoms with E-state index in [1.807, 2.05) is 20.0 Å². The molecular weight excluding hydrogens is 238 g/mol. The van der Waals surface area contributed by atoms with Crippen molar-refractivity contribution in [1.29, 1.82) is 0 Å². The molecule has 2 aromatic heterocycles. The number of aromatic nitrogens is 4. The van der Waals surface area contributed by atoms with E-state index in [0.29, 0.717) is 5.92 Å². The fourth-order valence-corrected chi connectivity index (χ4v) is 2.66. The molecule has 1 atom stereocenters. The summed E-state index contributed by atoms with van der Waals surface area (Å²) in [5.74, 6) is 2.60. The topological polar surface area (TPSA) is 57.7 Å². The average Bonchev–Trinajstić information content (AvgIpc) is 2.86. The predicted octanol–water partition coefficient (Wildman–Crippen LogP) is 2.20. The van der Waals surface area contributed by atoms with Crippen LogP contribution in [0.2, 0.25) is 0 Å². The molecule has 3 rings (SSSR count). The quantitative estimate of drug-likeness (QED) is 0.896. The minimum absolute atomic E-state index is 0.470. The number of imidazole rings is 1. The van der Waals surface area contributed by atoms with Gasteiger partial charge in [-0.3, -0.25) is 0 Å². The van der Waals surface area contributed by atoms with Crippen molar-refractivity contribution in [3.05, 3.63) is 35.8 Å². The molecular formula is C14H19N5. The lowest BCUT2D eigenvalue weighted by Gasteiger charge is -2.32. The van der Waals surface area contributed by atoms with Gasteiger partial charge in [0.1, 0.15) is 18.0 Å². The van der Waals surface area contributed by atoms with Gasteiger partial charge in [0.05, 0.1) is 0 Å². The van der Waals surface area contributed by atoms with Crippen LogP contribution in [0.5, 0.6) is 0 Å². The molecule has 0 aromatic carbocycles. The van der Waals surface area contributed by atoms with Crippen molar-refractivity contribution in [3.63, 3.8) is 0 Å². The first-order valence-electron chi connectivity index (χ1n) is 6.77. The highest BCUT2D eigenvalue weighted by Crippen LogP contribution is 2.27. The number of nitrogens with zero attached hydrogens (tertiary/aromatic N) is 4. The van der Waals surface area contributed by atoms with Crippen LogP contribution in [-0.4, -0.2) is 33.0 Å². The van der Waals surface area contributed by atoms with Gasteiger partial charge in [-0.1, -0.05) is 0 Å². The van der Waals surface area contributed by atoms with Crippen LogP contribution in [0, 0.1) is 13.8 Å². The van der Waals surface area contributed by atoms with Gasteiger partial charge in [0, 0.05) is 42.7 Å². The van der Waals surface area contributed by atoms with Crippen LogP contribution in [0.3, 0.4) is 0 Å². The Morgan fingerprint density at radius 1 is 1.26 bits per heavy atom. The van der Waals surface area contributed by atoms with Crippen molar-refractivity contribution in [1.82, 2.24) is 19.9 Å². The number of anilines is 1. The molecule has 1 unspecified atom stereocenters. The first kappa shape index (κ1) is 12.1. The van der Waals surface area contributed by atoms with Gasteiger partial charge in [-0.05, 0) is 26.7 Å². The zero-order valence-corrected chi connectivity index (χ0v) is 11.4. The summed E-state index contributed by atoms with van der Waals surface area (Å²) >= 11 is 0. The Labute approximate surface area is 113 Å². The molecule has 19 heavy (non-hydrogen) atoms. The maximum atomic E-state index is 4.47. The second-order valence-corrected chi connectivity index (χ2v) is 5.25. The van der Waals surface area contributed by atoms with E-state index >= 15 is 0 Å². The number of hydrogen-bond acceptors (Lipinski definition) is 4. The van der Waals surface area contributed by atoms with Gasteiger partial charge in [0.2, 0.25) is 0 Å². The third-order valence-electron chi connectivity index (χ3n) is 3.64. The molecule has 0 amide bonds. The SMILES string of the molecule is Cc1cc(N2CCCC(c3ncc(C)[nH]3)C2)ncn1. The maximum Gasteiger partial charge on any atom is 0.132 e. The number of aromatic amines is 1. The van der Waals surface area contributed by atoms with Gasteiger partial charge >= 0.3 is 0 Å². The average molecular weight is 257 g/mol. The lowest BCUT2D eigenvalue weighted by Crippen LogP contribution is -2.35. The fraction of sp³-hybridized carbons (Fsp3) is 0.500. The van der Waals surface area contributed by atoms with Crippen LogP contribution < -0.4 is 4.90 Å². The number of nitrogens with one attached hydrogen (secondary N) is 1. The summed E-state index contributed by atoms with van der Waals surface area (Å²) in [6.07, 6.45) is 5.91. The molecule has 100 valence electrons. The van der Waals surface area contributed by atoms with Crippen LogP contribution in [0.25, 0.3) is 0 Å². The monoisotopic (exact) mass is 257 g/mol. The Kier molecular flexibility index (Phi) is 3.19. The van der Waals surface area contributed by atoms with E-state index in [9.17, 15) is 0 Å². The van der Waals surface area contributed by atoms with Gasteiger partial charge in [-0.15, -0.1) is 0 Å². The van der Waals surface area contributed by atoms with E-state index < -0.39 is 0 Å². The second-order valence-electron chi connectivity index (χ2n) is 5.25. The normalized spacial score (nSPS) is 19.7.